The zero-order chi connectivity index (χ0) is 32.0. The van der Waals surface area contributed by atoms with Gasteiger partial charge in [-0.2, -0.15) is 0 Å². The highest BCUT2D eigenvalue weighted by molar-refractivity contribution is 6.01. The van der Waals surface area contributed by atoms with E-state index in [0.717, 1.165) is 72.6 Å². The first-order valence-corrected chi connectivity index (χ1v) is 15.7. The monoisotopic (exact) mass is 615 g/mol. The number of carboxylic acids is 1. The molecule has 2 N–H and O–H groups in total. The summed E-state index contributed by atoms with van der Waals surface area (Å²) in [6, 6.07) is 7.59. The number of hydrogen-bond acceptors (Lipinski definition) is 7. The van der Waals surface area contributed by atoms with Crippen LogP contribution in [0.15, 0.2) is 30.5 Å². The zero-order valence-electron chi connectivity index (χ0n) is 27.0. The molecule has 0 spiro atoms. The summed E-state index contributed by atoms with van der Waals surface area (Å²) in [5.41, 5.74) is 5.64. The second-order valence-electron chi connectivity index (χ2n) is 13.0. The topological polar surface area (TPSA) is 102 Å². The van der Waals surface area contributed by atoms with Crippen LogP contribution in [-0.2, 0) is 23.0 Å². The van der Waals surface area contributed by atoms with Gasteiger partial charge in [-0.25, -0.2) is 19.2 Å². The van der Waals surface area contributed by atoms with Gasteiger partial charge in [-0.3, -0.25) is 0 Å². The van der Waals surface area contributed by atoms with E-state index in [9.17, 15) is 9.90 Å². The fourth-order valence-corrected chi connectivity index (χ4v) is 6.67. The van der Waals surface area contributed by atoms with Gasteiger partial charge in [0.1, 0.15) is 11.5 Å². The van der Waals surface area contributed by atoms with Gasteiger partial charge in [0.05, 0.1) is 17.9 Å². The first-order chi connectivity index (χ1) is 21.4. The molecule has 0 aliphatic carbocycles. The van der Waals surface area contributed by atoms with Crippen LogP contribution in [-0.4, -0.2) is 64.0 Å². The van der Waals surface area contributed by atoms with Crippen LogP contribution in [0.4, 0.5) is 10.2 Å². The van der Waals surface area contributed by atoms with Gasteiger partial charge in [0.15, 0.2) is 17.7 Å². The Kier molecular flexibility index (Phi) is 8.30. The quantitative estimate of drug-likeness (QED) is 0.268. The van der Waals surface area contributed by atoms with Gasteiger partial charge in [0.2, 0.25) is 0 Å². The minimum absolute atomic E-state index is 0.286. The van der Waals surface area contributed by atoms with Gasteiger partial charge in [0.25, 0.3) is 0 Å². The Morgan fingerprint density at radius 1 is 1.16 bits per heavy atom. The number of rotatable bonds is 6. The van der Waals surface area contributed by atoms with Crippen molar-refractivity contribution in [1.29, 1.82) is 0 Å². The average molecular weight is 616 g/mol. The lowest BCUT2D eigenvalue weighted by Gasteiger charge is -2.29. The normalized spacial score (nSPS) is 16.3. The second kappa shape index (κ2) is 12.1. The molecule has 0 bridgehead atoms. The summed E-state index contributed by atoms with van der Waals surface area (Å²) >= 11 is 0. The molecule has 0 amide bonds. The van der Waals surface area contributed by atoms with E-state index < -0.39 is 23.5 Å². The first-order valence-electron chi connectivity index (χ1n) is 15.7. The summed E-state index contributed by atoms with van der Waals surface area (Å²) in [7, 11) is 1.96. The molecule has 238 valence electrons. The molecule has 3 aromatic heterocycles. The predicted molar refractivity (Wildman–Crippen MR) is 174 cm³/mol. The van der Waals surface area contributed by atoms with Gasteiger partial charge in [-0.1, -0.05) is 0 Å². The summed E-state index contributed by atoms with van der Waals surface area (Å²) < 4.78 is 29.7. The van der Waals surface area contributed by atoms with Crippen molar-refractivity contribution in [3.8, 4) is 28.1 Å². The second-order valence-corrected chi connectivity index (χ2v) is 13.0. The minimum atomic E-state index is -1.32. The number of aliphatic carboxylic acids is 1. The molecule has 1 atom stereocenters. The predicted octanol–water partition coefficient (Wildman–Crippen LogP) is 6.12. The summed E-state index contributed by atoms with van der Waals surface area (Å²) in [4.78, 5) is 24.8. The fourth-order valence-electron chi connectivity index (χ4n) is 6.67. The Morgan fingerprint density at radius 3 is 2.71 bits per heavy atom. The number of pyridine rings is 2. The molecule has 2 aliphatic heterocycles. The number of halogens is 1. The highest BCUT2D eigenvalue weighted by Gasteiger charge is 2.34. The summed E-state index contributed by atoms with van der Waals surface area (Å²) in [6.07, 6.45) is 3.01. The molecule has 2 aliphatic rings. The number of anilines is 1. The molecule has 45 heavy (non-hydrogen) atoms. The molecule has 9 nitrogen and oxygen atoms in total. The Morgan fingerprint density at radius 2 is 1.96 bits per heavy atom. The Labute approximate surface area is 263 Å². The molecular formula is C35H42FN5O4. The third-order valence-electron chi connectivity index (χ3n) is 8.77. The van der Waals surface area contributed by atoms with Crippen molar-refractivity contribution in [1.82, 2.24) is 19.9 Å². The highest BCUT2D eigenvalue weighted by Crippen LogP contribution is 2.45. The van der Waals surface area contributed by atoms with Crippen LogP contribution >= 0.6 is 0 Å². The molecule has 0 radical (unpaired) electrons. The number of aryl methyl sites for hydroxylation is 2. The molecule has 1 aromatic carbocycles. The van der Waals surface area contributed by atoms with E-state index >= 15 is 4.39 Å². The standard InChI is InChI=1S/C35H42FN5O4/c1-20-23-9-7-16-44-31(23)26(36)18-24(20)30-25-19-27(22-10-12-38-28(17-22)41-14-8-11-37-13-15-41)40(6)33(25)39-21(2)29(30)32(34(42)43)45-35(3,4)5/h10,12,17-19,32,37H,7-9,11,13-16H2,1-6H3,(H,42,43)/t32-/m0/s1. The number of nitrogens with zero attached hydrogens (tertiary/aromatic N) is 4. The maximum Gasteiger partial charge on any atom is 0.337 e. The van der Waals surface area contributed by atoms with Gasteiger partial charge in [-0.05, 0) is 95.8 Å². The number of aromatic nitrogens is 3. The van der Waals surface area contributed by atoms with E-state index in [4.69, 9.17) is 14.5 Å². The molecule has 1 fully saturated rings. The van der Waals surface area contributed by atoms with Crippen LogP contribution in [0, 0.1) is 19.7 Å². The average Bonchev–Trinajstić information content (AvgIpc) is 3.15. The molecule has 10 heteroatoms. The lowest BCUT2D eigenvalue weighted by atomic mass is 9.86. The fraction of sp³-hybridized carbons (Fsp3) is 0.457. The molecule has 6 rings (SSSR count). The van der Waals surface area contributed by atoms with E-state index in [2.05, 4.69) is 21.3 Å². The van der Waals surface area contributed by atoms with Crippen molar-refractivity contribution in [3.63, 3.8) is 0 Å². The Balaban J connectivity index is 1.62. The SMILES string of the molecule is Cc1nc2c(cc(-c3ccnc(N4CCCNCC4)c3)n2C)c(-c2cc(F)c3c(c2C)CCCO3)c1[C@H](OC(C)(C)C)C(=O)O. The van der Waals surface area contributed by atoms with Crippen molar-refractivity contribution >= 4 is 22.8 Å². The van der Waals surface area contributed by atoms with Crippen LogP contribution in [0.3, 0.4) is 0 Å². The van der Waals surface area contributed by atoms with E-state index in [0.29, 0.717) is 41.1 Å². The third-order valence-corrected chi connectivity index (χ3v) is 8.77. The van der Waals surface area contributed by atoms with Gasteiger partial charge in [0, 0.05) is 66.2 Å². The van der Waals surface area contributed by atoms with E-state index in [1.54, 1.807) is 6.92 Å². The van der Waals surface area contributed by atoms with E-state index in [1.807, 2.05) is 57.6 Å². The van der Waals surface area contributed by atoms with Gasteiger partial charge < -0.3 is 29.4 Å². The van der Waals surface area contributed by atoms with Crippen LogP contribution in [0.2, 0.25) is 0 Å². The molecule has 1 saturated heterocycles. The largest absolute Gasteiger partial charge is 0.490 e. The number of nitrogens with one attached hydrogen (secondary N) is 1. The number of ether oxygens (including phenoxy) is 2. The van der Waals surface area contributed by atoms with E-state index in [-0.39, 0.29) is 5.75 Å². The zero-order valence-corrected chi connectivity index (χ0v) is 27.0. The first kappa shape index (κ1) is 31.0. The number of carboxylic acid groups (broad SMARTS) is 1. The third kappa shape index (κ3) is 5.89. The van der Waals surface area contributed by atoms with Gasteiger partial charge >= 0.3 is 5.97 Å². The van der Waals surface area contributed by atoms with Crippen molar-refractivity contribution in [2.45, 2.75) is 65.6 Å². The number of fused-ring (bicyclic) bond motifs is 2. The highest BCUT2D eigenvalue weighted by atomic mass is 19.1. The summed E-state index contributed by atoms with van der Waals surface area (Å²) in [5.74, 6) is -0.390. The van der Waals surface area contributed by atoms with Crippen LogP contribution in [0.25, 0.3) is 33.4 Å². The molecule has 4 aromatic rings. The smallest absolute Gasteiger partial charge is 0.337 e. The van der Waals surface area contributed by atoms with Crippen molar-refractivity contribution in [2.75, 3.05) is 37.7 Å². The maximum absolute atomic E-state index is 15.8. The van der Waals surface area contributed by atoms with Crippen LogP contribution in [0.5, 0.6) is 5.75 Å². The molecular weight excluding hydrogens is 573 g/mol. The molecule has 0 saturated carbocycles. The lowest BCUT2D eigenvalue weighted by molar-refractivity contribution is -0.160. The molecule has 0 unspecified atom stereocenters. The molecule has 5 heterocycles. The van der Waals surface area contributed by atoms with Crippen molar-refractivity contribution < 1.29 is 23.8 Å². The van der Waals surface area contributed by atoms with Crippen molar-refractivity contribution in [2.24, 2.45) is 7.05 Å². The number of benzene rings is 1. The van der Waals surface area contributed by atoms with Crippen LogP contribution < -0.4 is 15.0 Å². The Bertz CT molecular complexity index is 1770. The lowest BCUT2D eigenvalue weighted by Crippen LogP contribution is -2.28. The van der Waals surface area contributed by atoms with Gasteiger partial charge in [-0.15, -0.1) is 0 Å². The summed E-state index contributed by atoms with van der Waals surface area (Å²) in [6.45, 7) is 13.4. The maximum atomic E-state index is 15.8. The Hall–Kier alpha value is -4.02. The number of hydrogen-bond donors (Lipinski definition) is 2. The summed E-state index contributed by atoms with van der Waals surface area (Å²) in [5, 5.41) is 14.7. The van der Waals surface area contributed by atoms with Crippen molar-refractivity contribution in [3.05, 3.63) is 58.7 Å². The van der Waals surface area contributed by atoms with E-state index in [1.165, 1.54) is 6.07 Å². The van der Waals surface area contributed by atoms with Crippen LogP contribution in [0.1, 0.15) is 62.1 Å². The minimum Gasteiger partial charge on any atom is -0.490 e. The number of carbonyl (C=O) groups is 1.